The maximum absolute atomic E-state index is 12.7. The summed E-state index contributed by atoms with van der Waals surface area (Å²) in [4.78, 5) is 45.5. The zero-order chi connectivity index (χ0) is 20.2. The molecule has 4 rings (SSSR count). The van der Waals surface area contributed by atoms with Gasteiger partial charge in [0, 0.05) is 26.2 Å². The van der Waals surface area contributed by atoms with E-state index >= 15 is 0 Å². The van der Waals surface area contributed by atoms with Gasteiger partial charge in [0.15, 0.2) is 0 Å². The smallest absolute Gasteiger partial charge is 0.263 e. The Labute approximate surface area is 172 Å². The van der Waals surface area contributed by atoms with Gasteiger partial charge >= 0.3 is 0 Å². The van der Waals surface area contributed by atoms with Crippen molar-refractivity contribution in [2.45, 2.75) is 12.8 Å². The molecule has 2 aliphatic heterocycles. The highest BCUT2D eigenvalue weighted by molar-refractivity contribution is 7.12. The third-order valence-electron chi connectivity index (χ3n) is 5.19. The summed E-state index contributed by atoms with van der Waals surface area (Å²) in [5.41, 5.74) is 0.613. The van der Waals surface area contributed by atoms with E-state index in [9.17, 15) is 14.4 Å². The third kappa shape index (κ3) is 4.56. The summed E-state index contributed by atoms with van der Waals surface area (Å²) < 4.78 is 0. The van der Waals surface area contributed by atoms with E-state index in [2.05, 4.69) is 15.6 Å². The quantitative estimate of drug-likeness (QED) is 0.794. The van der Waals surface area contributed by atoms with E-state index in [1.807, 2.05) is 28.5 Å². The fraction of sp³-hybridized carbons (Fsp3) is 0.400. The minimum Gasteiger partial charge on any atom is -0.353 e. The first kappa shape index (κ1) is 19.4. The second-order valence-electron chi connectivity index (χ2n) is 7.23. The van der Waals surface area contributed by atoms with Crippen LogP contribution in [0.5, 0.6) is 0 Å². The summed E-state index contributed by atoms with van der Waals surface area (Å²) in [7, 11) is 0. The number of carbonyl (C=O) groups excluding carboxylic acids is 3. The largest absolute Gasteiger partial charge is 0.353 e. The summed E-state index contributed by atoms with van der Waals surface area (Å²) in [5, 5.41) is 7.58. The third-order valence-corrected chi connectivity index (χ3v) is 6.05. The molecule has 8 nitrogen and oxygen atoms in total. The Morgan fingerprint density at radius 2 is 2.14 bits per heavy atom. The Hall–Kier alpha value is -2.94. The van der Waals surface area contributed by atoms with Crippen LogP contribution in [0.4, 0.5) is 11.5 Å². The number of aromatic nitrogens is 1. The van der Waals surface area contributed by atoms with Crippen LogP contribution in [0.1, 0.15) is 22.5 Å². The number of nitrogens with zero attached hydrogens (tertiary/aromatic N) is 3. The number of nitrogens with one attached hydrogen (secondary N) is 2. The normalized spacial score (nSPS) is 19.6. The van der Waals surface area contributed by atoms with Crippen molar-refractivity contribution in [3.8, 4) is 0 Å². The summed E-state index contributed by atoms with van der Waals surface area (Å²) in [5.74, 6) is 0.352. The number of anilines is 2. The van der Waals surface area contributed by atoms with Crippen LogP contribution in [-0.2, 0) is 9.59 Å². The predicted octanol–water partition coefficient (Wildman–Crippen LogP) is 1.57. The Balaban J connectivity index is 1.35. The van der Waals surface area contributed by atoms with E-state index in [4.69, 9.17) is 0 Å². The van der Waals surface area contributed by atoms with Crippen LogP contribution in [0.15, 0.2) is 35.8 Å². The van der Waals surface area contributed by atoms with Gasteiger partial charge in [-0.05, 0) is 36.4 Å². The van der Waals surface area contributed by atoms with Gasteiger partial charge in [-0.3, -0.25) is 14.4 Å². The van der Waals surface area contributed by atoms with Gasteiger partial charge in [0.2, 0.25) is 11.8 Å². The van der Waals surface area contributed by atoms with Gasteiger partial charge in [0.1, 0.15) is 5.82 Å². The monoisotopic (exact) mass is 413 g/mol. The Morgan fingerprint density at radius 3 is 2.86 bits per heavy atom. The van der Waals surface area contributed by atoms with E-state index in [-0.39, 0.29) is 30.2 Å². The first-order valence-corrected chi connectivity index (χ1v) is 10.6. The zero-order valence-corrected chi connectivity index (χ0v) is 16.8. The number of carbonyl (C=O) groups is 3. The van der Waals surface area contributed by atoms with Crippen molar-refractivity contribution in [1.29, 1.82) is 0 Å². The highest BCUT2D eigenvalue weighted by Crippen LogP contribution is 2.22. The SMILES string of the molecule is O=C1CN(c2ccc(NC(=O)[C@@H]3CCCN(C(=O)c4cccs4)C3)cn2)CCN1. The maximum atomic E-state index is 12.7. The lowest BCUT2D eigenvalue weighted by molar-refractivity contribution is -0.121. The molecule has 2 aliphatic rings. The van der Waals surface area contributed by atoms with E-state index < -0.39 is 0 Å². The minimum absolute atomic E-state index is 0.00547. The van der Waals surface area contributed by atoms with Crippen LogP contribution in [0, 0.1) is 5.92 Å². The number of thiophene rings is 1. The second kappa shape index (κ2) is 8.60. The second-order valence-corrected chi connectivity index (χ2v) is 8.18. The highest BCUT2D eigenvalue weighted by Gasteiger charge is 2.29. The summed E-state index contributed by atoms with van der Waals surface area (Å²) in [6.07, 6.45) is 3.18. The van der Waals surface area contributed by atoms with Gasteiger partial charge in [0.05, 0.1) is 29.2 Å². The lowest BCUT2D eigenvalue weighted by Crippen LogP contribution is -2.48. The topological polar surface area (TPSA) is 94.6 Å². The molecule has 1 atom stereocenters. The minimum atomic E-state index is -0.238. The van der Waals surface area contributed by atoms with Gasteiger partial charge < -0.3 is 20.4 Å². The maximum Gasteiger partial charge on any atom is 0.263 e. The number of hydrogen-bond donors (Lipinski definition) is 2. The van der Waals surface area contributed by atoms with Crippen molar-refractivity contribution in [3.63, 3.8) is 0 Å². The molecule has 0 aliphatic carbocycles. The number of amides is 3. The van der Waals surface area contributed by atoms with Crippen LogP contribution < -0.4 is 15.5 Å². The molecule has 152 valence electrons. The van der Waals surface area contributed by atoms with Gasteiger partial charge in [-0.2, -0.15) is 0 Å². The Morgan fingerprint density at radius 1 is 1.24 bits per heavy atom. The lowest BCUT2D eigenvalue weighted by Gasteiger charge is -2.31. The first-order chi connectivity index (χ1) is 14.1. The lowest BCUT2D eigenvalue weighted by atomic mass is 9.97. The summed E-state index contributed by atoms with van der Waals surface area (Å²) in [6, 6.07) is 7.28. The van der Waals surface area contributed by atoms with Gasteiger partial charge in [-0.15, -0.1) is 11.3 Å². The van der Waals surface area contributed by atoms with E-state index in [1.54, 1.807) is 17.2 Å². The molecule has 29 heavy (non-hydrogen) atoms. The Kier molecular flexibility index (Phi) is 5.75. The number of likely N-dealkylation sites (tertiary alicyclic amines) is 1. The number of hydrogen-bond acceptors (Lipinski definition) is 6. The number of piperazine rings is 1. The molecule has 0 radical (unpaired) electrons. The van der Waals surface area contributed by atoms with Crippen LogP contribution in [0.25, 0.3) is 0 Å². The fourth-order valence-electron chi connectivity index (χ4n) is 3.66. The summed E-state index contributed by atoms with van der Waals surface area (Å²) in [6.45, 7) is 2.70. The average Bonchev–Trinajstić information content (AvgIpc) is 3.29. The molecule has 2 aromatic heterocycles. The van der Waals surface area contributed by atoms with Crippen LogP contribution in [0.2, 0.25) is 0 Å². The predicted molar refractivity (Wildman–Crippen MR) is 111 cm³/mol. The molecule has 4 heterocycles. The van der Waals surface area contributed by atoms with Crippen LogP contribution in [-0.4, -0.2) is 60.3 Å². The number of rotatable bonds is 4. The highest BCUT2D eigenvalue weighted by atomic mass is 32.1. The van der Waals surface area contributed by atoms with Crippen LogP contribution >= 0.6 is 11.3 Å². The molecular weight excluding hydrogens is 390 g/mol. The first-order valence-electron chi connectivity index (χ1n) is 9.71. The molecule has 2 aromatic rings. The summed E-state index contributed by atoms with van der Waals surface area (Å²) >= 11 is 1.42. The molecule has 0 saturated carbocycles. The fourth-order valence-corrected chi connectivity index (χ4v) is 4.35. The molecule has 2 N–H and O–H groups in total. The van der Waals surface area contributed by atoms with Crippen molar-refractivity contribution in [2.24, 2.45) is 5.92 Å². The molecule has 3 amide bonds. The molecule has 0 spiro atoms. The average molecular weight is 414 g/mol. The molecule has 9 heteroatoms. The van der Waals surface area contributed by atoms with Crippen molar-refractivity contribution in [3.05, 3.63) is 40.7 Å². The van der Waals surface area contributed by atoms with Crippen molar-refractivity contribution in [2.75, 3.05) is 42.9 Å². The molecule has 2 fully saturated rings. The molecule has 2 saturated heterocycles. The van der Waals surface area contributed by atoms with Crippen LogP contribution in [0.3, 0.4) is 0 Å². The van der Waals surface area contributed by atoms with Crippen molar-refractivity contribution >= 4 is 40.6 Å². The van der Waals surface area contributed by atoms with Gasteiger partial charge in [0.25, 0.3) is 5.91 Å². The molecule has 0 bridgehead atoms. The van der Waals surface area contributed by atoms with Crippen molar-refractivity contribution in [1.82, 2.24) is 15.2 Å². The van der Waals surface area contributed by atoms with Gasteiger partial charge in [-0.1, -0.05) is 6.07 Å². The number of piperidine rings is 1. The molecular formula is C20H23N5O3S. The molecule has 0 unspecified atom stereocenters. The van der Waals surface area contributed by atoms with E-state index in [0.29, 0.717) is 42.6 Å². The van der Waals surface area contributed by atoms with E-state index in [1.165, 1.54) is 11.3 Å². The van der Waals surface area contributed by atoms with Crippen molar-refractivity contribution < 1.29 is 14.4 Å². The standard InChI is InChI=1S/C20H23N5O3S/c26-18-13-24(9-7-21-18)17-6-5-15(11-22-17)23-19(27)14-3-1-8-25(12-14)20(28)16-4-2-10-29-16/h2,4-6,10-11,14H,1,3,7-9,12-13H2,(H,21,26)(H,23,27)/t14-/m1/s1. The van der Waals surface area contributed by atoms with E-state index in [0.717, 1.165) is 12.8 Å². The molecule has 0 aromatic carbocycles. The zero-order valence-electron chi connectivity index (χ0n) is 16.0. The van der Waals surface area contributed by atoms with Gasteiger partial charge in [-0.25, -0.2) is 4.98 Å². The Bertz CT molecular complexity index is 884. The number of pyridine rings is 1.